The summed E-state index contributed by atoms with van der Waals surface area (Å²) in [7, 11) is 0. The van der Waals surface area contributed by atoms with Gasteiger partial charge in [-0.25, -0.2) is 4.79 Å². The smallest absolute Gasteiger partial charge is 0.410 e. The molecule has 0 radical (unpaired) electrons. The van der Waals surface area contributed by atoms with Gasteiger partial charge in [-0.1, -0.05) is 79.4 Å². The Labute approximate surface area is 163 Å². The number of nitrogens with two attached hydrogens (primary N) is 1. The summed E-state index contributed by atoms with van der Waals surface area (Å²) in [6, 6.07) is 16.4. The molecule has 27 heavy (non-hydrogen) atoms. The molecule has 2 aromatic carbocycles. The van der Waals surface area contributed by atoms with Gasteiger partial charge >= 0.3 is 6.09 Å². The molecular formula is C23H32N2O2. The second-order valence-corrected chi connectivity index (χ2v) is 7.31. The summed E-state index contributed by atoms with van der Waals surface area (Å²) < 4.78 is 5.52. The van der Waals surface area contributed by atoms with Crippen LogP contribution in [0.4, 0.5) is 4.79 Å². The van der Waals surface area contributed by atoms with Crippen LogP contribution in [0.5, 0.6) is 0 Å². The maximum Gasteiger partial charge on any atom is 0.410 e. The lowest BCUT2D eigenvalue weighted by Crippen LogP contribution is -2.35. The predicted octanol–water partition coefficient (Wildman–Crippen LogP) is 4.96. The quantitative estimate of drug-likeness (QED) is 0.680. The number of hydrogen-bond donors (Lipinski definition) is 1. The van der Waals surface area contributed by atoms with Gasteiger partial charge in [0, 0.05) is 19.1 Å². The van der Waals surface area contributed by atoms with E-state index in [2.05, 4.69) is 69.3 Å². The first-order valence-electron chi connectivity index (χ1n) is 9.76. The molecule has 0 aliphatic carbocycles. The first-order chi connectivity index (χ1) is 13.0. The highest BCUT2D eigenvalue weighted by Gasteiger charge is 2.17. The summed E-state index contributed by atoms with van der Waals surface area (Å²) in [4.78, 5) is 14.5. The van der Waals surface area contributed by atoms with E-state index in [-0.39, 0.29) is 18.7 Å². The van der Waals surface area contributed by atoms with E-state index in [1.54, 1.807) is 4.90 Å². The van der Waals surface area contributed by atoms with Crippen LogP contribution in [0.3, 0.4) is 0 Å². The van der Waals surface area contributed by atoms with Crippen molar-refractivity contribution in [2.24, 2.45) is 5.73 Å². The lowest BCUT2D eigenvalue weighted by molar-refractivity contribution is 0.0907. The molecule has 4 heteroatoms. The van der Waals surface area contributed by atoms with Crippen LogP contribution in [0.15, 0.2) is 48.5 Å². The molecule has 0 saturated heterocycles. The third-order valence-corrected chi connectivity index (χ3v) is 4.60. The summed E-state index contributed by atoms with van der Waals surface area (Å²) in [5.74, 6) is 0. The summed E-state index contributed by atoms with van der Waals surface area (Å²) in [6.07, 6.45) is 2.70. The van der Waals surface area contributed by atoms with Crippen molar-refractivity contribution in [1.29, 1.82) is 0 Å². The Morgan fingerprint density at radius 3 is 1.89 bits per heavy atom. The molecule has 146 valence electrons. The zero-order chi connectivity index (χ0) is 19.6. The number of benzene rings is 2. The van der Waals surface area contributed by atoms with E-state index >= 15 is 0 Å². The molecule has 1 atom stereocenters. The summed E-state index contributed by atoms with van der Waals surface area (Å²) >= 11 is 0. The van der Waals surface area contributed by atoms with Crippen LogP contribution in [-0.2, 0) is 17.8 Å². The van der Waals surface area contributed by atoms with Crippen molar-refractivity contribution in [3.8, 4) is 0 Å². The highest BCUT2D eigenvalue weighted by Crippen LogP contribution is 2.14. The summed E-state index contributed by atoms with van der Waals surface area (Å²) in [5, 5.41) is 0. The van der Waals surface area contributed by atoms with Crippen LogP contribution < -0.4 is 5.73 Å². The molecule has 2 aromatic rings. The monoisotopic (exact) mass is 368 g/mol. The maximum absolute atomic E-state index is 12.7. The van der Waals surface area contributed by atoms with Crippen LogP contribution in [-0.4, -0.2) is 23.6 Å². The van der Waals surface area contributed by atoms with Crippen molar-refractivity contribution in [1.82, 2.24) is 4.90 Å². The van der Waals surface area contributed by atoms with Gasteiger partial charge < -0.3 is 10.5 Å². The minimum absolute atomic E-state index is 0.102. The van der Waals surface area contributed by atoms with Gasteiger partial charge in [0.25, 0.3) is 0 Å². The third kappa shape index (κ3) is 7.43. The van der Waals surface area contributed by atoms with Crippen molar-refractivity contribution in [3.05, 3.63) is 70.8 Å². The normalized spacial score (nSPS) is 11.9. The first-order valence-corrected chi connectivity index (χ1v) is 9.76. The van der Waals surface area contributed by atoms with Gasteiger partial charge in [-0.2, -0.15) is 0 Å². The average Bonchev–Trinajstić information content (AvgIpc) is 2.67. The molecule has 1 amide bonds. The number of nitrogens with zero attached hydrogens (tertiary/aromatic N) is 1. The SMILES string of the molecule is CCCC[C@@H](N)COC(=O)N(Cc1ccc(C)cc1)Cc1ccc(C)cc1. The van der Waals surface area contributed by atoms with E-state index in [4.69, 9.17) is 10.5 Å². The van der Waals surface area contributed by atoms with Crippen LogP contribution >= 0.6 is 0 Å². The second kappa shape index (κ2) is 10.7. The van der Waals surface area contributed by atoms with Gasteiger partial charge in [0.2, 0.25) is 0 Å². The van der Waals surface area contributed by atoms with E-state index < -0.39 is 0 Å². The van der Waals surface area contributed by atoms with Crippen LogP contribution in [0.2, 0.25) is 0 Å². The molecule has 0 spiro atoms. The number of carbonyl (C=O) groups is 1. The number of rotatable bonds is 9. The third-order valence-electron chi connectivity index (χ3n) is 4.60. The molecule has 0 heterocycles. The Bertz CT molecular complexity index is 648. The topological polar surface area (TPSA) is 55.6 Å². The number of carbonyl (C=O) groups excluding carboxylic acids is 1. The highest BCUT2D eigenvalue weighted by molar-refractivity contribution is 5.67. The van der Waals surface area contributed by atoms with Crippen molar-refractivity contribution in [3.63, 3.8) is 0 Å². The molecule has 4 nitrogen and oxygen atoms in total. The number of amides is 1. The number of hydrogen-bond acceptors (Lipinski definition) is 3. The van der Waals surface area contributed by atoms with Crippen molar-refractivity contribution in [2.75, 3.05) is 6.61 Å². The molecule has 0 saturated carbocycles. The van der Waals surface area contributed by atoms with Gasteiger partial charge in [0.1, 0.15) is 6.61 Å². The van der Waals surface area contributed by atoms with E-state index in [1.165, 1.54) is 11.1 Å². The zero-order valence-corrected chi connectivity index (χ0v) is 16.8. The largest absolute Gasteiger partial charge is 0.448 e. The Morgan fingerprint density at radius 1 is 0.963 bits per heavy atom. The van der Waals surface area contributed by atoms with E-state index in [9.17, 15) is 4.79 Å². The minimum Gasteiger partial charge on any atom is -0.448 e. The lowest BCUT2D eigenvalue weighted by atomic mass is 10.1. The Morgan fingerprint density at radius 2 is 1.44 bits per heavy atom. The standard InChI is InChI=1S/C23H32N2O2/c1-4-5-6-22(24)17-27-23(26)25(15-20-11-7-18(2)8-12-20)16-21-13-9-19(3)10-14-21/h7-14,22H,4-6,15-17,24H2,1-3H3/t22-/m1/s1. The average molecular weight is 369 g/mol. The molecule has 0 fully saturated rings. The second-order valence-electron chi connectivity index (χ2n) is 7.31. The Kier molecular flexibility index (Phi) is 8.34. The van der Waals surface area contributed by atoms with Gasteiger partial charge in [-0.15, -0.1) is 0 Å². The van der Waals surface area contributed by atoms with Gasteiger partial charge in [0.15, 0.2) is 0 Å². The molecule has 0 aliphatic heterocycles. The molecule has 2 rings (SSSR count). The van der Waals surface area contributed by atoms with Gasteiger partial charge in [0.05, 0.1) is 0 Å². The number of aryl methyl sites for hydroxylation is 2. The maximum atomic E-state index is 12.7. The minimum atomic E-state index is -0.317. The fraction of sp³-hybridized carbons (Fsp3) is 0.435. The first kappa shape index (κ1) is 21.0. The molecule has 0 aromatic heterocycles. The highest BCUT2D eigenvalue weighted by atomic mass is 16.6. The fourth-order valence-electron chi connectivity index (χ4n) is 2.83. The van der Waals surface area contributed by atoms with Crippen LogP contribution in [0, 0.1) is 13.8 Å². The summed E-state index contributed by atoms with van der Waals surface area (Å²) in [5.41, 5.74) is 10.6. The predicted molar refractivity (Wildman–Crippen MR) is 110 cm³/mol. The van der Waals surface area contributed by atoms with Crippen LogP contribution in [0.25, 0.3) is 0 Å². The summed E-state index contributed by atoms with van der Waals surface area (Å²) in [6.45, 7) is 7.52. The molecule has 2 N–H and O–H groups in total. The van der Waals surface area contributed by atoms with Crippen molar-refractivity contribution in [2.45, 2.75) is 59.2 Å². The molecular weight excluding hydrogens is 336 g/mol. The van der Waals surface area contributed by atoms with E-state index in [1.807, 2.05) is 0 Å². The van der Waals surface area contributed by atoms with Crippen LogP contribution in [0.1, 0.15) is 48.4 Å². The van der Waals surface area contributed by atoms with Gasteiger partial charge in [-0.3, -0.25) is 4.90 Å². The molecule has 0 bridgehead atoms. The van der Waals surface area contributed by atoms with Gasteiger partial charge in [-0.05, 0) is 31.4 Å². The lowest BCUT2D eigenvalue weighted by Gasteiger charge is -2.23. The van der Waals surface area contributed by atoms with Crippen molar-refractivity contribution >= 4 is 6.09 Å². The number of unbranched alkanes of at least 4 members (excludes halogenated alkanes) is 1. The van der Waals surface area contributed by atoms with E-state index in [0.29, 0.717) is 13.1 Å². The Balaban J connectivity index is 2.04. The Hall–Kier alpha value is -2.33. The van der Waals surface area contributed by atoms with E-state index in [0.717, 1.165) is 30.4 Å². The zero-order valence-electron chi connectivity index (χ0n) is 16.8. The molecule has 0 unspecified atom stereocenters. The fourth-order valence-corrected chi connectivity index (χ4v) is 2.83. The number of ether oxygens (including phenoxy) is 1. The molecule has 0 aliphatic rings. The van der Waals surface area contributed by atoms with Crippen molar-refractivity contribution < 1.29 is 9.53 Å².